The quantitative estimate of drug-likeness (QED) is 0.471. The third-order valence-electron chi connectivity index (χ3n) is 9.55. The fourth-order valence-corrected chi connectivity index (χ4v) is 8.00. The van der Waals surface area contributed by atoms with Crippen molar-refractivity contribution in [3.8, 4) is 0 Å². The van der Waals surface area contributed by atoms with E-state index in [0.29, 0.717) is 27.1 Å². The summed E-state index contributed by atoms with van der Waals surface area (Å²) in [6, 6.07) is 0. The van der Waals surface area contributed by atoms with E-state index in [1.165, 1.54) is 25.7 Å². The fourth-order valence-electron chi connectivity index (χ4n) is 8.00. The number of hydrogen-bond donors (Lipinski definition) is 0. The fraction of sp³-hybridized carbons (Fsp3) is 1.00. The largest absolute Gasteiger partial charge is 0.0649 e. The molecule has 0 aromatic heterocycles. The molecule has 6 unspecified atom stereocenters. The Kier molecular flexibility index (Phi) is 5.11. The van der Waals surface area contributed by atoms with Gasteiger partial charge in [-0.15, -0.1) is 0 Å². The molecule has 2 fully saturated rings. The Balaban J connectivity index is 2.63. The maximum Gasteiger partial charge on any atom is -0.0181 e. The van der Waals surface area contributed by atoms with Crippen molar-refractivity contribution >= 4 is 0 Å². The highest BCUT2D eigenvalue weighted by molar-refractivity contribution is 5.22. The molecule has 0 bridgehead atoms. The molecule has 0 nitrogen and oxygen atoms in total. The van der Waals surface area contributed by atoms with E-state index in [0.717, 1.165) is 23.7 Å². The molecule has 0 aromatic rings. The van der Waals surface area contributed by atoms with Gasteiger partial charge in [-0.1, -0.05) is 89.5 Å². The van der Waals surface area contributed by atoms with Gasteiger partial charge in [0.25, 0.3) is 0 Å². The van der Waals surface area contributed by atoms with Crippen molar-refractivity contribution in [1.29, 1.82) is 0 Å². The SMILES string of the molecule is CCC(C)(C)C12CC(C)CC(C)(C)C(C)C(C)C(C(C)(C)C)C1(C)C2. The van der Waals surface area contributed by atoms with Gasteiger partial charge in [0.05, 0.1) is 0 Å². The minimum Gasteiger partial charge on any atom is -0.0649 e. The number of rotatable bonds is 2. The highest BCUT2D eigenvalue weighted by atomic mass is 14.8. The first-order chi connectivity index (χ1) is 11.1. The second kappa shape index (κ2) is 6.00. The van der Waals surface area contributed by atoms with Crippen LogP contribution in [0.15, 0.2) is 0 Å². The van der Waals surface area contributed by atoms with Crippen LogP contribution in [0.2, 0.25) is 0 Å². The van der Waals surface area contributed by atoms with Gasteiger partial charge >= 0.3 is 0 Å². The molecule has 2 saturated carbocycles. The summed E-state index contributed by atoms with van der Waals surface area (Å²) in [5.41, 5.74) is 2.27. The summed E-state index contributed by atoms with van der Waals surface area (Å²) in [6.45, 7) is 30.6. The Morgan fingerprint density at radius 1 is 0.880 bits per heavy atom. The lowest BCUT2D eigenvalue weighted by Crippen LogP contribution is -2.43. The Bertz CT molecular complexity index is 491. The van der Waals surface area contributed by atoms with Crippen molar-refractivity contribution in [2.45, 2.75) is 109 Å². The van der Waals surface area contributed by atoms with Gasteiger partial charge in [0.1, 0.15) is 0 Å². The molecule has 0 aromatic carbocycles. The molecule has 0 aliphatic heterocycles. The topological polar surface area (TPSA) is 0 Å². The first kappa shape index (κ1) is 21.3. The summed E-state index contributed by atoms with van der Waals surface area (Å²) in [6.07, 6.45) is 5.57. The summed E-state index contributed by atoms with van der Waals surface area (Å²) in [7, 11) is 0. The maximum atomic E-state index is 2.68. The lowest BCUT2D eigenvalue weighted by atomic mass is 9.56. The zero-order valence-electron chi connectivity index (χ0n) is 19.6. The molecule has 0 saturated heterocycles. The molecule has 25 heavy (non-hydrogen) atoms. The zero-order chi connectivity index (χ0) is 19.6. The standard InChI is InChI=1S/C25H48/c1-13-23(10,11)25-15-17(2)14-22(8,9)19(4)18(3)20(21(5,6)7)24(25,12)16-25/h17-20H,13-16H2,1-12H3. The molecule has 2 aliphatic rings. The van der Waals surface area contributed by atoms with Gasteiger partial charge in [-0.2, -0.15) is 0 Å². The second-order valence-corrected chi connectivity index (χ2v) is 12.9. The Labute approximate surface area is 159 Å². The average Bonchev–Trinajstić information content (AvgIpc) is 3.00. The van der Waals surface area contributed by atoms with E-state index >= 15 is 0 Å². The van der Waals surface area contributed by atoms with Crippen LogP contribution in [0.3, 0.4) is 0 Å². The minimum absolute atomic E-state index is 0.373. The average molecular weight is 349 g/mol. The Morgan fingerprint density at radius 3 is 1.84 bits per heavy atom. The van der Waals surface area contributed by atoms with Crippen LogP contribution in [0.4, 0.5) is 0 Å². The molecule has 148 valence electrons. The van der Waals surface area contributed by atoms with Crippen molar-refractivity contribution in [3.63, 3.8) is 0 Å². The molecule has 0 heterocycles. The molecule has 0 radical (unpaired) electrons. The van der Waals surface area contributed by atoms with E-state index in [9.17, 15) is 0 Å². The Hall–Kier alpha value is 0. The van der Waals surface area contributed by atoms with Gasteiger partial charge in [0, 0.05) is 0 Å². The van der Waals surface area contributed by atoms with Gasteiger partial charge in [-0.05, 0) is 70.0 Å². The molecule has 0 N–H and O–H groups in total. The molecule has 6 atom stereocenters. The van der Waals surface area contributed by atoms with E-state index in [1.807, 2.05) is 0 Å². The lowest BCUT2D eigenvalue weighted by Gasteiger charge is -2.49. The molecular formula is C25H48. The van der Waals surface area contributed by atoms with E-state index in [2.05, 4.69) is 83.1 Å². The number of hydrogen-bond acceptors (Lipinski definition) is 0. The second-order valence-electron chi connectivity index (χ2n) is 12.9. The molecule has 0 amide bonds. The van der Waals surface area contributed by atoms with Crippen molar-refractivity contribution in [1.82, 2.24) is 0 Å². The van der Waals surface area contributed by atoms with Gasteiger partial charge in [-0.25, -0.2) is 0 Å². The highest BCUT2D eigenvalue weighted by Crippen LogP contribution is 2.81. The first-order valence-corrected chi connectivity index (χ1v) is 11.1. The minimum atomic E-state index is 0.373. The molecule has 2 rings (SSSR count). The van der Waals surface area contributed by atoms with Gasteiger partial charge in [0.2, 0.25) is 0 Å². The first-order valence-electron chi connectivity index (χ1n) is 11.1. The van der Waals surface area contributed by atoms with Crippen molar-refractivity contribution < 1.29 is 0 Å². The molecular weight excluding hydrogens is 300 g/mol. The summed E-state index contributed by atoms with van der Waals surface area (Å²) in [4.78, 5) is 0. The van der Waals surface area contributed by atoms with Crippen LogP contribution < -0.4 is 0 Å². The molecule has 0 spiro atoms. The predicted octanol–water partition coefficient (Wildman–Crippen LogP) is 8.21. The van der Waals surface area contributed by atoms with Crippen LogP contribution >= 0.6 is 0 Å². The monoisotopic (exact) mass is 348 g/mol. The van der Waals surface area contributed by atoms with Crippen LogP contribution in [0, 0.1) is 50.7 Å². The summed E-state index contributed by atoms with van der Waals surface area (Å²) in [5, 5.41) is 0. The van der Waals surface area contributed by atoms with E-state index in [4.69, 9.17) is 0 Å². The maximum absolute atomic E-state index is 2.68. The van der Waals surface area contributed by atoms with Crippen molar-refractivity contribution in [3.05, 3.63) is 0 Å². The van der Waals surface area contributed by atoms with Gasteiger partial charge in [-0.3, -0.25) is 0 Å². The highest BCUT2D eigenvalue weighted by Gasteiger charge is 2.74. The molecule has 2 aliphatic carbocycles. The van der Waals surface area contributed by atoms with Crippen molar-refractivity contribution in [2.75, 3.05) is 0 Å². The van der Waals surface area contributed by atoms with Crippen LogP contribution in [-0.4, -0.2) is 0 Å². The third-order valence-corrected chi connectivity index (χ3v) is 9.55. The van der Waals surface area contributed by atoms with Crippen LogP contribution in [0.1, 0.15) is 109 Å². The third kappa shape index (κ3) is 3.12. The predicted molar refractivity (Wildman–Crippen MR) is 113 cm³/mol. The Morgan fingerprint density at radius 2 is 1.40 bits per heavy atom. The van der Waals surface area contributed by atoms with Crippen LogP contribution in [0.5, 0.6) is 0 Å². The van der Waals surface area contributed by atoms with Gasteiger partial charge < -0.3 is 0 Å². The lowest BCUT2D eigenvalue weighted by molar-refractivity contribution is -0.00928. The number of fused-ring (bicyclic) bond motifs is 1. The van der Waals surface area contributed by atoms with E-state index in [-0.39, 0.29) is 0 Å². The summed E-state index contributed by atoms with van der Waals surface area (Å²) >= 11 is 0. The van der Waals surface area contributed by atoms with E-state index < -0.39 is 0 Å². The summed E-state index contributed by atoms with van der Waals surface area (Å²) in [5.74, 6) is 3.18. The summed E-state index contributed by atoms with van der Waals surface area (Å²) < 4.78 is 0. The smallest absolute Gasteiger partial charge is 0.0181 e. The van der Waals surface area contributed by atoms with E-state index in [1.54, 1.807) is 0 Å². The normalized spacial score (nSPS) is 45.1. The van der Waals surface area contributed by atoms with Gasteiger partial charge in [0.15, 0.2) is 0 Å². The van der Waals surface area contributed by atoms with Crippen LogP contribution in [-0.2, 0) is 0 Å². The molecule has 0 heteroatoms. The van der Waals surface area contributed by atoms with Crippen LogP contribution in [0.25, 0.3) is 0 Å². The van der Waals surface area contributed by atoms with Crippen molar-refractivity contribution in [2.24, 2.45) is 50.7 Å². The zero-order valence-corrected chi connectivity index (χ0v) is 19.6.